The van der Waals surface area contributed by atoms with Gasteiger partial charge in [-0.1, -0.05) is 47.1 Å². The molecule has 1 heterocycles. The van der Waals surface area contributed by atoms with Gasteiger partial charge in [-0.3, -0.25) is 4.98 Å². The Hall–Kier alpha value is -0.890. The number of para-hydroxylation sites is 1. The van der Waals surface area contributed by atoms with E-state index in [0.717, 1.165) is 10.8 Å². The Bertz CT molecular complexity index is 294. The Morgan fingerprint density at radius 3 is 2.46 bits per heavy atom. The Morgan fingerprint density at radius 1 is 1.15 bits per heavy atom. The smallest absolute Gasteiger partial charge is 0.0701 e. The zero-order chi connectivity index (χ0) is 9.52. The number of hydrogen-bond donors (Lipinski definition) is 0. The van der Waals surface area contributed by atoms with E-state index in [1.807, 2.05) is 37.4 Å². The zero-order valence-electron chi connectivity index (χ0n) is 7.57. The van der Waals surface area contributed by atoms with Gasteiger partial charge in [-0.15, -0.1) is 0 Å². The summed E-state index contributed by atoms with van der Waals surface area (Å²) < 4.78 is 0. The first-order valence-corrected chi connectivity index (χ1v) is 5.36. The number of nitrogens with zero attached hydrogens (tertiary/aromatic N) is 1. The largest absolute Gasteiger partial charge is 0.256 e. The van der Waals surface area contributed by atoms with E-state index in [4.69, 9.17) is 0 Å². The summed E-state index contributed by atoms with van der Waals surface area (Å²) in [6, 6.07) is 12.1. The lowest BCUT2D eigenvalue weighted by molar-refractivity contribution is 1.41. The third-order valence-corrected chi connectivity index (χ3v) is 1.51. The molecule has 1 nitrogen and oxygen atoms in total. The lowest BCUT2D eigenvalue weighted by atomic mass is 10.2. The zero-order valence-corrected chi connectivity index (χ0v) is 9.16. The fraction of sp³-hybridized carbons (Fsp3) is 0.182. The number of halogens is 1. The number of alkyl halides is 1. The highest BCUT2D eigenvalue weighted by molar-refractivity contribution is 9.09. The molecule has 0 atom stereocenters. The summed E-state index contributed by atoms with van der Waals surface area (Å²) in [5.74, 6) is 0. The number of fused-ring (bicyclic) bond motifs is 1. The van der Waals surface area contributed by atoms with Crippen LogP contribution >= 0.6 is 15.9 Å². The van der Waals surface area contributed by atoms with Crippen molar-refractivity contribution in [1.82, 2.24) is 4.98 Å². The molecule has 1 aromatic carbocycles. The lowest BCUT2D eigenvalue weighted by Gasteiger charge is -1.91. The summed E-state index contributed by atoms with van der Waals surface area (Å²) >= 11 is 3.15. The third-order valence-electron chi connectivity index (χ3n) is 1.51. The predicted octanol–water partition coefficient (Wildman–Crippen LogP) is 3.64. The van der Waals surface area contributed by atoms with Crippen LogP contribution in [0, 0.1) is 0 Å². The number of benzene rings is 1. The Morgan fingerprint density at radius 2 is 1.77 bits per heavy atom. The van der Waals surface area contributed by atoms with E-state index in [9.17, 15) is 0 Å². The minimum absolute atomic E-state index is 1.06. The molecule has 0 bridgehead atoms. The average molecular weight is 238 g/mol. The van der Waals surface area contributed by atoms with E-state index >= 15 is 0 Å². The number of rotatable bonds is 0. The quantitative estimate of drug-likeness (QED) is 0.638. The highest BCUT2D eigenvalue weighted by Crippen LogP contribution is 2.07. The molecular formula is C11H12BrN. The molecule has 0 aliphatic heterocycles. The van der Waals surface area contributed by atoms with Crippen molar-refractivity contribution in [2.45, 2.75) is 6.92 Å². The topological polar surface area (TPSA) is 12.9 Å². The van der Waals surface area contributed by atoms with Gasteiger partial charge in [0.05, 0.1) is 5.52 Å². The Kier molecular flexibility index (Phi) is 4.47. The van der Waals surface area contributed by atoms with Gasteiger partial charge in [-0.25, -0.2) is 0 Å². The summed E-state index contributed by atoms with van der Waals surface area (Å²) in [7, 11) is 0. The van der Waals surface area contributed by atoms with Gasteiger partial charge < -0.3 is 0 Å². The maximum Gasteiger partial charge on any atom is 0.0701 e. The van der Waals surface area contributed by atoms with E-state index in [1.54, 1.807) is 0 Å². The summed E-state index contributed by atoms with van der Waals surface area (Å²) in [6.45, 7) is 2.04. The van der Waals surface area contributed by atoms with Crippen molar-refractivity contribution in [2.75, 3.05) is 5.33 Å². The first-order chi connectivity index (χ1) is 6.38. The van der Waals surface area contributed by atoms with Crippen molar-refractivity contribution >= 4 is 26.8 Å². The highest BCUT2D eigenvalue weighted by Gasteiger charge is 1.86. The molecule has 0 spiro atoms. The van der Waals surface area contributed by atoms with Gasteiger partial charge >= 0.3 is 0 Å². The number of aromatic nitrogens is 1. The van der Waals surface area contributed by atoms with Crippen LogP contribution in [0.2, 0.25) is 0 Å². The van der Waals surface area contributed by atoms with Crippen LogP contribution in [0.4, 0.5) is 0 Å². The van der Waals surface area contributed by atoms with Crippen LogP contribution in [0.3, 0.4) is 0 Å². The van der Waals surface area contributed by atoms with Crippen LogP contribution in [0.25, 0.3) is 10.9 Å². The van der Waals surface area contributed by atoms with Crippen molar-refractivity contribution in [3.05, 3.63) is 42.6 Å². The van der Waals surface area contributed by atoms with Crippen molar-refractivity contribution in [1.29, 1.82) is 0 Å². The Balaban J connectivity index is 0.000000251. The standard InChI is InChI=1S/C9H7N.C2H5Br/c1-2-6-9-8(4-1)5-3-7-10-9;1-2-3/h1-7H;2H2,1H3. The normalized spacial score (nSPS) is 9.08. The molecule has 0 aliphatic rings. The molecular weight excluding hydrogens is 226 g/mol. The molecule has 13 heavy (non-hydrogen) atoms. The molecule has 68 valence electrons. The summed E-state index contributed by atoms with van der Waals surface area (Å²) in [5.41, 5.74) is 1.06. The van der Waals surface area contributed by atoms with E-state index in [1.165, 1.54) is 5.39 Å². The van der Waals surface area contributed by atoms with Crippen molar-refractivity contribution in [2.24, 2.45) is 0 Å². The van der Waals surface area contributed by atoms with Gasteiger partial charge in [0.25, 0.3) is 0 Å². The predicted molar refractivity (Wildman–Crippen MR) is 61.2 cm³/mol. The van der Waals surface area contributed by atoms with Gasteiger partial charge in [0.1, 0.15) is 0 Å². The van der Waals surface area contributed by atoms with Crippen molar-refractivity contribution in [3.8, 4) is 0 Å². The molecule has 2 rings (SSSR count). The maximum absolute atomic E-state index is 4.18. The van der Waals surface area contributed by atoms with Crippen molar-refractivity contribution in [3.63, 3.8) is 0 Å². The molecule has 0 saturated carbocycles. The number of pyridine rings is 1. The average Bonchev–Trinajstić information content (AvgIpc) is 2.19. The van der Waals surface area contributed by atoms with E-state index in [0.29, 0.717) is 0 Å². The second kappa shape index (κ2) is 5.70. The molecule has 2 heteroatoms. The molecule has 0 radical (unpaired) electrons. The van der Waals surface area contributed by atoms with E-state index in [-0.39, 0.29) is 0 Å². The van der Waals surface area contributed by atoms with Crippen LogP contribution in [-0.2, 0) is 0 Å². The minimum atomic E-state index is 1.06. The molecule has 0 amide bonds. The van der Waals surface area contributed by atoms with Crippen LogP contribution < -0.4 is 0 Å². The minimum Gasteiger partial charge on any atom is -0.256 e. The van der Waals surface area contributed by atoms with Gasteiger partial charge in [0.15, 0.2) is 0 Å². The highest BCUT2D eigenvalue weighted by atomic mass is 79.9. The van der Waals surface area contributed by atoms with Crippen LogP contribution in [0.5, 0.6) is 0 Å². The summed E-state index contributed by atoms with van der Waals surface area (Å²) in [6.07, 6.45) is 1.81. The SMILES string of the molecule is CCBr.c1ccc2ncccc2c1. The third kappa shape index (κ3) is 3.15. The fourth-order valence-electron chi connectivity index (χ4n) is 1.02. The van der Waals surface area contributed by atoms with Gasteiger partial charge in [-0.05, 0) is 12.1 Å². The summed E-state index contributed by atoms with van der Waals surface area (Å²) in [4.78, 5) is 4.18. The molecule has 1 aromatic heterocycles. The van der Waals surface area contributed by atoms with Gasteiger partial charge in [0, 0.05) is 16.9 Å². The molecule has 0 fully saturated rings. The number of hydrogen-bond acceptors (Lipinski definition) is 1. The molecule has 0 unspecified atom stereocenters. The molecule has 0 saturated heterocycles. The Labute approximate surface area is 86.9 Å². The van der Waals surface area contributed by atoms with Crippen molar-refractivity contribution < 1.29 is 0 Å². The first kappa shape index (κ1) is 10.2. The molecule has 0 aliphatic carbocycles. The van der Waals surface area contributed by atoms with E-state index < -0.39 is 0 Å². The lowest BCUT2D eigenvalue weighted by Crippen LogP contribution is -1.73. The van der Waals surface area contributed by atoms with Gasteiger partial charge in [-0.2, -0.15) is 0 Å². The fourth-order valence-corrected chi connectivity index (χ4v) is 1.02. The van der Waals surface area contributed by atoms with Crippen LogP contribution in [-0.4, -0.2) is 10.3 Å². The van der Waals surface area contributed by atoms with Crippen LogP contribution in [0.15, 0.2) is 42.6 Å². The van der Waals surface area contributed by atoms with Gasteiger partial charge in [0.2, 0.25) is 0 Å². The molecule has 0 N–H and O–H groups in total. The van der Waals surface area contributed by atoms with Crippen LogP contribution in [0.1, 0.15) is 6.92 Å². The first-order valence-electron chi connectivity index (χ1n) is 4.24. The van der Waals surface area contributed by atoms with E-state index in [2.05, 4.69) is 33.0 Å². The second-order valence-electron chi connectivity index (χ2n) is 2.46. The summed E-state index contributed by atoms with van der Waals surface area (Å²) in [5, 5.41) is 2.26. The maximum atomic E-state index is 4.18. The monoisotopic (exact) mass is 237 g/mol. The second-order valence-corrected chi connectivity index (χ2v) is 3.58. The molecule has 2 aromatic rings.